The molecule has 128 valence electrons. The average Bonchev–Trinajstić information content (AvgIpc) is 2.57. The van der Waals surface area contributed by atoms with Crippen molar-refractivity contribution in [3.8, 4) is 0 Å². The monoisotopic (exact) mass is 338 g/mol. The zero-order valence-corrected chi connectivity index (χ0v) is 15.7. The van der Waals surface area contributed by atoms with Gasteiger partial charge in [-0.1, -0.05) is 38.1 Å². The number of hydrogen-bond acceptors (Lipinski definition) is 4. The second-order valence-corrected chi connectivity index (χ2v) is 9.89. The van der Waals surface area contributed by atoms with Crippen molar-refractivity contribution < 1.29 is 17.7 Å². The molecule has 1 heterocycles. The van der Waals surface area contributed by atoms with Crippen LogP contribution in [-0.4, -0.2) is 32.5 Å². The van der Waals surface area contributed by atoms with Gasteiger partial charge in [0.25, 0.3) is 0 Å². The van der Waals surface area contributed by atoms with E-state index in [1.54, 1.807) is 0 Å². The molecule has 0 saturated carbocycles. The van der Waals surface area contributed by atoms with Gasteiger partial charge in [-0.15, -0.1) is 0 Å². The van der Waals surface area contributed by atoms with Crippen LogP contribution in [-0.2, 0) is 24.9 Å². The van der Waals surface area contributed by atoms with Crippen LogP contribution in [0.15, 0.2) is 24.3 Å². The highest BCUT2D eigenvalue weighted by Crippen LogP contribution is 2.36. The molecule has 0 amide bonds. The van der Waals surface area contributed by atoms with Gasteiger partial charge in [-0.25, -0.2) is 8.42 Å². The first kappa shape index (κ1) is 18.5. The fourth-order valence-corrected chi connectivity index (χ4v) is 4.40. The Bertz CT molecular complexity index is 632. The molecule has 23 heavy (non-hydrogen) atoms. The summed E-state index contributed by atoms with van der Waals surface area (Å²) in [5, 5.41) is 0. The van der Waals surface area contributed by atoms with E-state index in [9.17, 15) is 8.42 Å². The van der Waals surface area contributed by atoms with Gasteiger partial charge < -0.3 is 9.31 Å². The Morgan fingerprint density at radius 2 is 1.48 bits per heavy atom. The topological polar surface area (TPSA) is 52.6 Å². The van der Waals surface area contributed by atoms with Crippen molar-refractivity contribution >= 4 is 22.4 Å². The highest BCUT2D eigenvalue weighted by molar-refractivity contribution is 7.90. The summed E-state index contributed by atoms with van der Waals surface area (Å²) in [6, 6.07) is 7.47. The van der Waals surface area contributed by atoms with E-state index in [0.717, 1.165) is 11.0 Å². The Kier molecular flexibility index (Phi) is 5.01. The summed E-state index contributed by atoms with van der Waals surface area (Å²) in [6.45, 7) is 11.9. The third kappa shape index (κ3) is 4.37. The molecular weight excluding hydrogens is 311 g/mol. The van der Waals surface area contributed by atoms with Gasteiger partial charge in [0.15, 0.2) is 9.84 Å². The van der Waals surface area contributed by atoms with Crippen LogP contribution in [0.1, 0.15) is 47.1 Å². The van der Waals surface area contributed by atoms with Crippen molar-refractivity contribution in [3.05, 3.63) is 29.8 Å². The van der Waals surface area contributed by atoms with Gasteiger partial charge in [-0.05, 0) is 44.6 Å². The molecule has 0 radical (unpaired) electrons. The third-order valence-electron chi connectivity index (χ3n) is 4.48. The molecule has 1 aromatic carbocycles. The Morgan fingerprint density at radius 1 is 1.00 bits per heavy atom. The zero-order valence-electron chi connectivity index (χ0n) is 14.9. The number of hydrogen-bond donors (Lipinski definition) is 0. The molecule has 0 aliphatic carbocycles. The van der Waals surface area contributed by atoms with Gasteiger partial charge in [0.2, 0.25) is 0 Å². The van der Waals surface area contributed by atoms with E-state index in [2.05, 4.69) is 0 Å². The van der Waals surface area contributed by atoms with Crippen LogP contribution >= 0.6 is 0 Å². The summed E-state index contributed by atoms with van der Waals surface area (Å²) < 4.78 is 36.2. The van der Waals surface area contributed by atoms with Crippen LogP contribution in [0.3, 0.4) is 0 Å². The highest BCUT2D eigenvalue weighted by Gasteiger charge is 2.51. The first-order valence-corrected chi connectivity index (χ1v) is 9.89. The second kappa shape index (κ2) is 6.23. The zero-order chi connectivity index (χ0) is 17.5. The van der Waals surface area contributed by atoms with Gasteiger partial charge in [-0.2, -0.15) is 0 Å². The Morgan fingerprint density at radius 3 is 1.91 bits per heavy atom. The lowest BCUT2D eigenvalue weighted by Crippen LogP contribution is -2.41. The van der Waals surface area contributed by atoms with E-state index in [4.69, 9.17) is 9.31 Å². The number of benzene rings is 1. The summed E-state index contributed by atoms with van der Waals surface area (Å²) in [4.78, 5) is 0. The van der Waals surface area contributed by atoms with Crippen molar-refractivity contribution in [3.63, 3.8) is 0 Å². The van der Waals surface area contributed by atoms with Crippen molar-refractivity contribution in [1.82, 2.24) is 0 Å². The third-order valence-corrected chi connectivity index (χ3v) is 6.43. The molecule has 1 aliphatic rings. The van der Waals surface area contributed by atoms with Crippen LogP contribution in [0, 0.1) is 5.92 Å². The molecular formula is C17H27BO4S. The minimum atomic E-state index is -3.07. The second-order valence-electron chi connectivity index (χ2n) is 7.78. The molecule has 0 bridgehead atoms. The molecule has 0 unspecified atom stereocenters. The predicted octanol–water partition coefficient (Wildman–Crippen LogP) is 2.56. The predicted molar refractivity (Wildman–Crippen MR) is 94.5 cm³/mol. The van der Waals surface area contributed by atoms with Crippen molar-refractivity contribution in [1.29, 1.82) is 0 Å². The molecule has 1 aromatic rings. The van der Waals surface area contributed by atoms with E-state index in [1.165, 1.54) is 0 Å². The van der Waals surface area contributed by atoms with Crippen molar-refractivity contribution in [2.45, 2.75) is 58.5 Å². The molecule has 6 heteroatoms. The summed E-state index contributed by atoms with van der Waals surface area (Å²) in [5.74, 6) is 0.435. The molecule has 4 nitrogen and oxygen atoms in total. The summed E-state index contributed by atoms with van der Waals surface area (Å²) in [6.07, 6.45) is 0. The van der Waals surface area contributed by atoms with E-state index in [0.29, 0.717) is 0 Å². The maximum absolute atomic E-state index is 12.1. The smallest absolute Gasteiger partial charge is 0.399 e. The fraction of sp³-hybridized carbons (Fsp3) is 0.647. The van der Waals surface area contributed by atoms with Gasteiger partial charge in [0, 0.05) is 0 Å². The lowest BCUT2D eigenvalue weighted by atomic mass is 9.79. The van der Waals surface area contributed by atoms with E-state index >= 15 is 0 Å². The molecule has 0 N–H and O–H groups in total. The van der Waals surface area contributed by atoms with E-state index < -0.39 is 17.0 Å². The Hall–Kier alpha value is -0.845. The van der Waals surface area contributed by atoms with Crippen LogP contribution in [0.4, 0.5) is 0 Å². The van der Waals surface area contributed by atoms with Crippen LogP contribution in [0.5, 0.6) is 0 Å². The largest absolute Gasteiger partial charge is 0.494 e. The minimum Gasteiger partial charge on any atom is -0.399 e. The van der Waals surface area contributed by atoms with Gasteiger partial charge >= 0.3 is 7.12 Å². The lowest BCUT2D eigenvalue weighted by molar-refractivity contribution is 0.00578. The van der Waals surface area contributed by atoms with Crippen molar-refractivity contribution in [2.75, 3.05) is 5.75 Å². The van der Waals surface area contributed by atoms with Gasteiger partial charge in [0.1, 0.15) is 0 Å². The quantitative estimate of drug-likeness (QED) is 0.775. The number of sulfone groups is 1. The first-order chi connectivity index (χ1) is 10.4. The molecule has 1 aliphatic heterocycles. The van der Waals surface area contributed by atoms with Crippen LogP contribution < -0.4 is 5.46 Å². The maximum Gasteiger partial charge on any atom is 0.494 e. The molecule has 0 spiro atoms. The van der Waals surface area contributed by atoms with Gasteiger partial charge in [0.05, 0.1) is 22.7 Å². The SMILES string of the molecule is CC(C)CS(=O)(=O)Cc1ccc(B2OC(C)(C)C(C)(C)O2)cc1. The summed E-state index contributed by atoms with van der Waals surface area (Å²) >= 11 is 0. The molecule has 1 fully saturated rings. The van der Waals surface area contributed by atoms with Gasteiger partial charge in [-0.3, -0.25) is 0 Å². The Balaban J connectivity index is 2.09. The van der Waals surface area contributed by atoms with Crippen LogP contribution in [0.25, 0.3) is 0 Å². The van der Waals surface area contributed by atoms with Crippen LogP contribution in [0.2, 0.25) is 0 Å². The molecule has 2 rings (SSSR count). The number of rotatable bonds is 5. The van der Waals surface area contributed by atoms with E-state index in [-0.39, 0.29) is 28.6 Å². The average molecular weight is 338 g/mol. The molecule has 0 aromatic heterocycles. The minimum absolute atomic E-state index is 0.0782. The highest BCUT2D eigenvalue weighted by atomic mass is 32.2. The molecule has 1 saturated heterocycles. The fourth-order valence-electron chi connectivity index (χ4n) is 2.57. The normalized spacial score (nSPS) is 20.2. The standard InChI is InChI=1S/C17H27BO4S/c1-13(2)11-23(19,20)12-14-7-9-15(10-8-14)18-21-16(3,4)17(5,6)22-18/h7-10,13H,11-12H2,1-6H3. The lowest BCUT2D eigenvalue weighted by Gasteiger charge is -2.32. The molecule has 0 atom stereocenters. The first-order valence-electron chi connectivity index (χ1n) is 8.07. The van der Waals surface area contributed by atoms with Crippen molar-refractivity contribution in [2.24, 2.45) is 5.92 Å². The van der Waals surface area contributed by atoms with E-state index in [1.807, 2.05) is 65.8 Å². The summed E-state index contributed by atoms with van der Waals surface area (Å²) in [5.41, 5.74) is 0.952. The maximum atomic E-state index is 12.1. The Labute approximate surface area is 140 Å². The summed E-state index contributed by atoms with van der Waals surface area (Å²) in [7, 11) is -3.48.